The summed E-state index contributed by atoms with van der Waals surface area (Å²) in [6.45, 7) is 2.93. The van der Waals surface area contributed by atoms with Crippen LogP contribution in [0.2, 0.25) is 0 Å². The van der Waals surface area contributed by atoms with Crippen molar-refractivity contribution in [2.45, 2.75) is 37.7 Å². The van der Waals surface area contributed by atoms with Crippen molar-refractivity contribution in [3.8, 4) is 11.1 Å². The maximum atomic E-state index is 12.4. The number of anilines is 1. The lowest BCUT2D eigenvalue weighted by atomic mass is 9.92. The number of nitrogen functional groups attached to an aromatic ring is 1. The second-order valence-corrected chi connectivity index (χ2v) is 7.61. The minimum atomic E-state index is 0.0631. The Morgan fingerprint density at radius 3 is 2.52 bits per heavy atom. The van der Waals surface area contributed by atoms with Gasteiger partial charge in [0.15, 0.2) is 0 Å². The van der Waals surface area contributed by atoms with Crippen LogP contribution in [0.4, 0.5) is 5.95 Å². The van der Waals surface area contributed by atoms with Crippen molar-refractivity contribution in [2.75, 3.05) is 38.6 Å². The van der Waals surface area contributed by atoms with Crippen LogP contribution in [0, 0.1) is 0 Å². The molecule has 2 saturated heterocycles. The number of nitrogens with two attached hydrogens (primary N) is 1. The largest absolute Gasteiger partial charge is 0.376 e. The van der Waals surface area contributed by atoms with E-state index in [1.807, 2.05) is 17.2 Å². The topological polar surface area (TPSA) is 103 Å². The Hall–Kier alpha value is -2.58. The van der Waals surface area contributed by atoms with Gasteiger partial charge in [-0.1, -0.05) is 6.07 Å². The van der Waals surface area contributed by atoms with Crippen molar-refractivity contribution in [1.82, 2.24) is 19.9 Å². The third kappa shape index (κ3) is 5.07. The molecular formula is C21H27N5O3. The van der Waals surface area contributed by atoms with Crippen molar-refractivity contribution < 1.29 is 14.3 Å². The number of hydrogen-bond donors (Lipinski definition) is 1. The molecule has 1 amide bonds. The van der Waals surface area contributed by atoms with E-state index in [-0.39, 0.29) is 24.6 Å². The van der Waals surface area contributed by atoms with Gasteiger partial charge in [0.1, 0.15) is 6.61 Å². The van der Waals surface area contributed by atoms with Crippen LogP contribution in [0.1, 0.15) is 37.3 Å². The first-order chi connectivity index (χ1) is 14.2. The first-order valence-corrected chi connectivity index (χ1v) is 10.2. The van der Waals surface area contributed by atoms with Crippen LogP contribution in [-0.2, 0) is 14.3 Å². The van der Waals surface area contributed by atoms with E-state index in [9.17, 15) is 4.79 Å². The Labute approximate surface area is 170 Å². The molecule has 2 fully saturated rings. The molecule has 4 rings (SSSR count). The summed E-state index contributed by atoms with van der Waals surface area (Å²) in [5, 5.41) is 0. The van der Waals surface area contributed by atoms with Gasteiger partial charge in [0.25, 0.3) is 0 Å². The van der Waals surface area contributed by atoms with Crippen LogP contribution in [0.15, 0.2) is 30.7 Å². The molecule has 0 saturated carbocycles. The second-order valence-electron chi connectivity index (χ2n) is 7.61. The van der Waals surface area contributed by atoms with Gasteiger partial charge in [-0.2, -0.15) is 0 Å². The summed E-state index contributed by atoms with van der Waals surface area (Å²) in [4.78, 5) is 26.9. The van der Waals surface area contributed by atoms with Crippen molar-refractivity contribution >= 4 is 11.9 Å². The van der Waals surface area contributed by atoms with Gasteiger partial charge in [0.05, 0.1) is 12.7 Å². The zero-order valence-electron chi connectivity index (χ0n) is 16.5. The number of amides is 1. The van der Waals surface area contributed by atoms with Crippen molar-refractivity contribution in [1.29, 1.82) is 0 Å². The molecule has 2 N–H and O–H groups in total. The van der Waals surface area contributed by atoms with Crippen LogP contribution in [-0.4, -0.2) is 64.8 Å². The number of hydrogen-bond acceptors (Lipinski definition) is 7. The van der Waals surface area contributed by atoms with Gasteiger partial charge >= 0.3 is 0 Å². The van der Waals surface area contributed by atoms with Crippen LogP contribution in [0.5, 0.6) is 0 Å². The minimum Gasteiger partial charge on any atom is -0.376 e. The highest BCUT2D eigenvalue weighted by Gasteiger charge is 2.25. The lowest BCUT2D eigenvalue weighted by Gasteiger charge is -2.31. The SMILES string of the molecule is Nc1ncc(-c2ccc(C3CCN(C(=O)COCC4CCCO4)CC3)nc2)cn1. The predicted octanol–water partition coefficient (Wildman–Crippen LogP) is 2.02. The highest BCUT2D eigenvalue weighted by atomic mass is 16.5. The molecule has 8 heteroatoms. The summed E-state index contributed by atoms with van der Waals surface area (Å²) in [6.07, 6.45) is 9.33. The number of carbonyl (C=O) groups excluding carboxylic acids is 1. The van der Waals surface area contributed by atoms with E-state index in [1.165, 1.54) is 0 Å². The number of likely N-dealkylation sites (tertiary alicyclic amines) is 1. The second kappa shape index (κ2) is 9.28. The Morgan fingerprint density at radius 1 is 1.10 bits per heavy atom. The van der Waals surface area contributed by atoms with Gasteiger partial charge in [0.2, 0.25) is 11.9 Å². The molecule has 0 radical (unpaired) electrons. The maximum Gasteiger partial charge on any atom is 0.248 e. The summed E-state index contributed by atoms with van der Waals surface area (Å²) < 4.78 is 11.1. The van der Waals surface area contributed by atoms with Crippen LogP contribution in [0.3, 0.4) is 0 Å². The lowest BCUT2D eigenvalue weighted by Crippen LogP contribution is -2.40. The van der Waals surface area contributed by atoms with Crippen molar-refractivity contribution in [3.05, 3.63) is 36.4 Å². The van der Waals surface area contributed by atoms with Crippen molar-refractivity contribution in [2.24, 2.45) is 0 Å². The fraction of sp³-hybridized carbons (Fsp3) is 0.524. The predicted molar refractivity (Wildman–Crippen MR) is 108 cm³/mol. The van der Waals surface area contributed by atoms with E-state index in [0.29, 0.717) is 12.5 Å². The molecule has 8 nitrogen and oxygen atoms in total. The van der Waals surface area contributed by atoms with E-state index in [1.54, 1.807) is 12.4 Å². The highest BCUT2D eigenvalue weighted by molar-refractivity contribution is 5.77. The molecule has 154 valence electrons. The number of nitrogens with zero attached hydrogens (tertiary/aromatic N) is 4. The molecule has 2 aromatic rings. The highest BCUT2D eigenvalue weighted by Crippen LogP contribution is 2.28. The van der Waals surface area contributed by atoms with Crippen molar-refractivity contribution in [3.63, 3.8) is 0 Å². The molecule has 0 spiro atoms. The Bertz CT molecular complexity index is 798. The first-order valence-electron chi connectivity index (χ1n) is 10.2. The van der Waals surface area contributed by atoms with Crippen LogP contribution in [0.25, 0.3) is 11.1 Å². The molecule has 29 heavy (non-hydrogen) atoms. The minimum absolute atomic E-state index is 0.0631. The monoisotopic (exact) mass is 397 g/mol. The molecule has 2 aliphatic heterocycles. The molecule has 1 atom stereocenters. The number of pyridine rings is 1. The normalized spacial score (nSPS) is 20.1. The Balaban J connectivity index is 1.24. The molecule has 0 aliphatic carbocycles. The van der Waals surface area contributed by atoms with Gasteiger partial charge in [-0.05, 0) is 31.7 Å². The van der Waals surface area contributed by atoms with E-state index in [4.69, 9.17) is 15.2 Å². The fourth-order valence-corrected chi connectivity index (χ4v) is 3.87. The number of piperidine rings is 1. The molecular weight excluding hydrogens is 370 g/mol. The quantitative estimate of drug-likeness (QED) is 0.795. The van der Waals surface area contributed by atoms with Gasteiger partial charge in [-0.15, -0.1) is 0 Å². The average molecular weight is 397 g/mol. The third-order valence-electron chi connectivity index (χ3n) is 5.61. The van der Waals surface area contributed by atoms with E-state index in [0.717, 1.165) is 62.2 Å². The molecule has 0 aromatic carbocycles. The molecule has 0 bridgehead atoms. The third-order valence-corrected chi connectivity index (χ3v) is 5.61. The standard InChI is InChI=1S/C21H27N5O3/c22-21-24-11-17(12-25-21)16-3-4-19(23-10-16)15-5-7-26(8-6-15)20(27)14-28-13-18-2-1-9-29-18/h3-4,10-12,15,18H,1-2,5-9,13-14H2,(H2,22,24,25). The Kier molecular flexibility index (Phi) is 6.31. The zero-order chi connectivity index (χ0) is 20.1. The van der Waals surface area contributed by atoms with Gasteiger partial charge in [-0.3, -0.25) is 9.78 Å². The summed E-state index contributed by atoms with van der Waals surface area (Å²) >= 11 is 0. The average Bonchev–Trinajstić information content (AvgIpc) is 3.28. The number of carbonyl (C=O) groups is 1. The number of aromatic nitrogens is 3. The van der Waals surface area contributed by atoms with Crippen LogP contribution < -0.4 is 5.73 Å². The van der Waals surface area contributed by atoms with E-state index in [2.05, 4.69) is 21.0 Å². The summed E-state index contributed by atoms with van der Waals surface area (Å²) in [6, 6.07) is 4.09. The van der Waals surface area contributed by atoms with Gasteiger partial charge < -0.3 is 20.1 Å². The zero-order valence-corrected chi connectivity index (χ0v) is 16.5. The molecule has 2 aliphatic rings. The molecule has 1 unspecified atom stereocenters. The van der Waals surface area contributed by atoms with Gasteiger partial charge in [0, 0.05) is 61.0 Å². The lowest BCUT2D eigenvalue weighted by molar-refractivity contribution is -0.138. The summed E-state index contributed by atoms with van der Waals surface area (Å²) in [5.41, 5.74) is 8.45. The molecule has 2 aromatic heterocycles. The summed E-state index contributed by atoms with van der Waals surface area (Å²) in [7, 11) is 0. The van der Waals surface area contributed by atoms with E-state index >= 15 is 0 Å². The van der Waals surface area contributed by atoms with Crippen LogP contribution >= 0.6 is 0 Å². The van der Waals surface area contributed by atoms with E-state index < -0.39 is 0 Å². The Morgan fingerprint density at radius 2 is 1.86 bits per heavy atom. The number of rotatable bonds is 6. The number of ether oxygens (including phenoxy) is 2. The summed E-state index contributed by atoms with van der Waals surface area (Å²) in [5.74, 6) is 0.689. The smallest absolute Gasteiger partial charge is 0.248 e. The maximum absolute atomic E-state index is 12.4. The first kappa shape index (κ1) is 19.7. The fourth-order valence-electron chi connectivity index (χ4n) is 3.87. The molecule has 4 heterocycles. The van der Waals surface area contributed by atoms with Gasteiger partial charge in [-0.25, -0.2) is 9.97 Å².